The van der Waals surface area contributed by atoms with E-state index in [1.807, 2.05) is 0 Å². The number of aliphatic hydroxyl groups excluding tert-OH is 1. The predicted molar refractivity (Wildman–Crippen MR) is 117 cm³/mol. The van der Waals surface area contributed by atoms with E-state index in [-0.39, 0.29) is 25.4 Å². The second kappa shape index (κ2) is 8.55. The first-order valence-electron chi connectivity index (χ1n) is 10.4. The largest absolute Gasteiger partial charge is 0.393 e. The third kappa shape index (κ3) is 3.96. The predicted octanol–water partition coefficient (Wildman–Crippen LogP) is 4.79. The Morgan fingerprint density at radius 3 is 2.50 bits per heavy atom. The van der Waals surface area contributed by atoms with Crippen molar-refractivity contribution in [2.75, 3.05) is 10.6 Å². The molecule has 5 rings (SSSR count). The van der Waals surface area contributed by atoms with Crippen LogP contribution in [-0.2, 0) is 0 Å². The lowest BCUT2D eigenvalue weighted by atomic mass is 9.93. The zero-order chi connectivity index (χ0) is 19.8. The highest BCUT2D eigenvalue weighted by atomic mass is 19.1. The molecule has 0 amide bonds. The van der Waals surface area contributed by atoms with E-state index in [0.717, 1.165) is 44.2 Å². The van der Waals surface area contributed by atoms with Crippen LogP contribution in [0.5, 0.6) is 0 Å². The Balaban J connectivity index is 0.00000218. The van der Waals surface area contributed by atoms with Gasteiger partial charge in [0.1, 0.15) is 11.3 Å². The minimum atomic E-state index is -0.312. The van der Waals surface area contributed by atoms with Crippen LogP contribution in [0.2, 0.25) is 0 Å². The normalized spacial score (nSPS) is 21.7. The maximum atomic E-state index is 14.2. The molecule has 2 aliphatic rings. The molecule has 3 N–H and O–H groups in total. The molecule has 0 radical (unpaired) electrons. The molecule has 7 nitrogen and oxygen atoms in total. The molecule has 0 unspecified atom stereocenters. The summed E-state index contributed by atoms with van der Waals surface area (Å²) in [5.74, 6) is 0.867. The summed E-state index contributed by atoms with van der Waals surface area (Å²) in [5, 5.41) is 16.3. The van der Waals surface area contributed by atoms with Crippen LogP contribution in [0.15, 0.2) is 30.5 Å². The molecule has 160 valence electrons. The lowest BCUT2D eigenvalue weighted by molar-refractivity contribution is 0.126. The molecule has 0 saturated heterocycles. The van der Waals surface area contributed by atoms with E-state index in [1.54, 1.807) is 24.4 Å². The van der Waals surface area contributed by atoms with Crippen molar-refractivity contribution in [1.29, 1.82) is 0 Å². The first kappa shape index (κ1) is 20.5. The van der Waals surface area contributed by atoms with Gasteiger partial charge in [-0.3, -0.25) is 4.57 Å². The third-order valence-corrected chi connectivity index (χ3v) is 6.02. The Morgan fingerprint density at radius 2 is 1.80 bits per heavy atom. The highest BCUT2D eigenvalue weighted by molar-refractivity contribution is 5.76. The first-order valence-corrected chi connectivity index (χ1v) is 10.4. The second-order valence-corrected chi connectivity index (χ2v) is 8.05. The maximum absolute atomic E-state index is 14.2. The number of nitrogens with zero attached hydrogens (tertiary/aromatic N) is 4. The summed E-state index contributed by atoms with van der Waals surface area (Å²) in [6.07, 6.45) is 8.25. The van der Waals surface area contributed by atoms with Gasteiger partial charge in [-0.1, -0.05) is 19.6 Å². The lowest BCUT2D eigenvalue weighted by Gasteiger charge is -2.29. The van der Waals surface area contributed by atoms with Gasteiger partial charge in [-0.2, -0.15) is 4.98 Å². The van der Waals surface area contributed by atoms with E-state index in [4.69, 9.17) is 4.98 Å². The number of benzene rings is 1. The van der Waals surface area contributed by atoms with Gasteiger partial charge in [0.25, 0.3) is 0 Å². The Labute approximate surface area is 175 Å². The van der Waals surface area contributed by atoms with Gasteiger partial charge in [0, 0.05) is 12.1 Å². The fourth-order valence-corrected chi connectivity index (χ4v) is 4.13. The van der Waals surface area contributed by atoms with Crippen molar-refractivity contribution in [3.63, 3.8) is 0 Å². The van der Waals surface area contributed by atoms with Crippen molar-refractivity contribution in [2.45, 2.75) is 70.6 Å². The minimum Gasteiger partial charge on any atom is -0.393 e. The van der Waals surface area contributed by atoms with Crippen LogP contribution in [-0.4, -0.2) is 36.8 Å². The quantitative estimate of drug-likeness (QED) is 0.559. The number of rotatable bonds is 5. The van der Waals surface area contributed by atoms with Gasteiger partial charge in [0.2, 0.25) is 11.9 Å². The van der Waals surface area contributed by atoms with E-state index in [1.165, 1.54) is 12.5 Å². The summed E-state index contributed by atoms with van der Waals surface area (Å²) >= 11 is 0. The molecule has 2 aromatic heterocycles. The number of fused-ring (bicyclic) bond motifs is 1. The molecule has 0 spiro atoms. The Bertz CT molecular complexity index is 1010. The van der Waals surface area contributed by atoms with E-state index in [0.29, 0.717) is 29.1 Å². The van der Waals surface area contributed by atoms with Gasteiger partial charge in [0.15, 0.2) is 5.65 Å². The van der Waals surface area contributed by atoms with Gasteiger partial charge >= 0.3 is 0 Å². The maximum Gasteiger partial charge on any atom is 0.224 e. The molecule has 2 saturated carbocycles. The monoisotopic (exact) mass is 412 g/mol. The summed E-state index contributed by atoms with van der Waals surface area (Å²) < 4.78 is 16.2. The number of halogens is 1. The van der Waals surface area contributed by atoms with Crippen molar-refractivity contribution >= 4 is 28.7 Å². The molecule has 0 aliphatic heterocycles. The van der Waals surface area contributed by atoms with E-state index in [2.05, 4.69) is 25.2 Å². The van der Waals surface area contributed by atoms with Crippen LogP contribution in [0, 0.1) is 5.82 Å². The molecular formula is C22H29FN6O. The van der Waals surface area contributed by atoms with Crippen molar-refractivity contribution in [3.8, 4) is 0 Å². The highest BCUT2D eigenvalue weighted by Crippen LogP contribution is 2.37. The summed E-state index contributed by atoms with van der Waals surface area (Å²) in [6.45, 7) is 0. The molecule has 0 bridgehead atoms. The molecule has 2 heterocycles. The van der Waals surface area contributed by atoms with Gasteiger partial charge < -0.3 is 15.7 Å². The van der Waals surface area contributed by atoms with Crippen LogP contribution in [0.1, 0.15) is 58.4 Å². The molecule has 3 aromatic rings. The molecule has 1 aromatic carbocycles. The zero-order valence-electron chi connectivity index (χ0n) is 16.2. The standard InChI is InChI=1S/C21H25FN6O.CH4/c22-16-6-1-2-7-17(16)25-21-26-18-12-23-20(24-13-8-10-15(29)11-9-13)27-19(18)28(21)14-4-3-5-14;/h1-2,6-7,12-15,29H,3-5,8-11H2,(H,25,26)(H,23,24,27);1H4. The number of imidazole rings is 1. The second-order valence-electron chi connectivity index (χ2n) is 8.05. The van der Waals surface area contributed by atoms with Crippen molar-refractivity contribution in [2.24, 2.45) is 0 Å². The smallest absolute Gasteiger partial charge is 0.224 e. The van der Waals surface area contributed by atoms with Crippen LogP contribution in [0.25, 0.3) is 11.2 Å². The molecule has 30 heavy (non-hydrogen) atoms. The third-order valence-electron chi connectivity index (χ3n) is 6.02. The molecule has 2 aliphatic carbocycles. The summed E-state index contributed by atoms with van der Waals surface area (Å²) in [6, 6.07) is 7.18. The lowest BCUT2D eigenvalue weighted by Crippen LogP contribution is -2.29. The summed E-state index contributed by atoms with van der Waals surface area (Å²) in [5.41, 5.74) is 1.86. The van der Waals surface area contributed by atoms with Crippen LogP contribution >= 0.6 is 0 Å². The number of hydrogen-bond donors (Lipinski definition) is 3. The van der Waals surface area contributed by atoms with Crippen molar-refractivity contribution < 1.29 is 9.50 Å². The average Bonchev–Trinajstić information content (AvgIpc) is 3.02. The summed E-state index contributed by atoms with van der Waals surface area (Å²) in [7, 11) is 0. The Kier molecular flexibility index (Phi) is 5.85. The van der Waals surface area contributed by atoms with Gasteiger partial charge in [0.05, 0.1) is 18.0 Å². The molecular weight excluding hydrogens is 383 g/mol. The number of aromatic nitrogens is 4. The number of nitrogens with one attached hydrogen (secondary N) is 2. The van der Waals surface area contributed by atoms with Crippen LogP contribution in [0.4, 0.5) is 22.0 Å². The van der Waals surface area contributed by atoms with E-state index >= 15 is 0 Å². The SMILES string of the molecule is C.OC1CCC(Nc2ncc3nc(Nc4ccccc4F)n(C4CCC4)c3n2)CC1. The van der Waals surface area contributed by atoms with Gasteiger partial charge in [-0.05, 0) is 57.1 Å². The number of aliphatic hydroxyl groups is 1. The van der Waals surface area contributed by atoms with Crippen LogP contribution < -0.4 is 10.6 Å². The Morgan fingerprint density at radius 1 is 1.03 bits per heavy atom. The van der Waals surface area contributed by atoms with Gasteiger partial charge in [-0.25, -0.2) is 14.4 Å². The molecule has 0 atom stereocenters. The Hall–Kier alpha value is -2.74. The number of anilines is 3. The van der Waals surface area contributed by atoms with E-state index in [9.17, 15) is 9.50 Å². The van der Waals surface area contributed by atoms with Crippen LogP contribution in [0.3, 0.4) is 0 Å². The van der Waals surface area contributed by atoms with E-state index < -0.39 is 0 Å². The number of hydrogen-bond acceptors (Lipinski definition) is 6. The molecule has 8 heteroatoms. The molecule has 2 fully saturated rings. The summed E-state index contributed by atoms with van der Waals surface area (Å²) in [4.78, 5) is 13.8. The van der Waals surface area contributed by atoms with Crippen molar-refractivity contribution in [3.05, 3.63) is 36.3 Å². The average molecular weight is 413 g/mol. The fourth-order valence-electron chi connectivity index (χ4n) is 4.13. The zero-order valence-corrected chi connectivity index (χ0v) is 16.2. The first-order chi connectivity index (χ1) is 14.2. The topological polar surface area (TPSA) is 87.9 Å². The number of para-hydroxylation sites is 1. The highest BCUT2D eigenvalue weighted by Gasteiger charge is 2.27. The minimum absolute atomic E-state index is 0. The van der Waals surface area contributed by atoms with Gasteiger partial charge in [-0.15, -0.1) is 0 Å². The fraction of sp³-hybridized carbons (Fsp3) is 0.500. The van der Waals surface area contributed by atoms with Crippen molar-refractivity contribution in [1.82, 2.24) is 19.5 Å².